The van der Waals surface area contributed by atoms with Crippen LogP contribution in [-0.2, 0) is 28.5 Å². The predicted molar refractivity (Wildman–Crippen MR) is 182 cm³/mol. The molecule has 1 aliphatic heterocycles. The van der Waals surface area contributed by atoms with E-state index >= 15 is 0 Å². The summed E-state index contributed by atoms with van der Waals surface area (Å²) in [5.74, 6) is -1.21. The van der Waals surface area contributed by atoms with Gasteiger partial charge in [0, 0.05) is 47.9 Å². The van der Waals surface area contributed by atoms with E-state index in [0.29, 0.717) is 51.8 Å². The van der Waals surface area contributed by atoms with E-state index in [1.807, 2.05) is 0 Å². The number of alkyl halides is 6. The van der Waals surface area contributed by atoms with Crippen LogP contribution < -0.4 is 20.9 Å². The molecule has 3 N–H and O–H groups in total. The van der Waals surface area contributed by atoms with Crippen LogP contribution in [0.3, 0.4) is 0 Å². The van der Waals surface area contributed by atoms with Gasteiger partial charge in [-0.05, 0) is 66.1 Å². The van der Waals surface area contributed by atoms with Gasteiger partial charge < -0.3 is 25.6 Å². The van der Waals surface area contributed by atoms with Gasteiger partial charge in [0.15, 0.2) is 0 Å². The third-order valence-corrected chi connectivity index (χ3v) is 8.43. The lowest BCUT2D eigenvalue weighted by Crippen LogP contribution is -2.37. The topological polar surface area (TPSA) is 113 Å². The van der Waals surface area contributed by atoms with E-state index in [1.165, 1.54) is 6.20 Å². The summed E-state index contributed by atoms with van der Waals surface area (Å²) in [7, 11) is 0. The molecular weight excluding hydrogens is 739 g/mol. The van der Waals surface area contributed by atoms with Crippen LogP contribution in [0.25, 0.3) is 11.1 Å². The Morgan fingerprint density at radius 3 is 2.17 bits per heavy atom. The number of carbonyl (C=O) groups excluding carboxylic acids is 3. The van der Waals surface area contributed by atoms with Crippen molar-refractivity contribution in [1.82, 2.24) is 15.6 Å². The first-order chi connectivity index (χ1) is 24.6. The lowest BCUT2D eigenvalue weighted by atomic mass is 10.0. The number of nitrogens with zero attached hydrogens (tertiary/aromatic N) is 2. The quantitative estimate of drug-likeness (QED) is 0.0804. The second-order valence-electron chi connectivity index (χ2n) is 11.7. The molecule has 3 aromatic carbocycles. The van der Waals surface area contributed by atoms with Crippen molar-refractivity contribution in [3.8, 4) is 11.1 Å². The molecule has 274 valence electrons. The van der Waals surface area contributed by atoms with Crippen molar-refractivity contribution in [2.24, 2.45) is 0 Å². The Morgan fingerprint density at radius 1 is 0.885 bits per heavy atom. The Hall–Kier alpha value is -5.02. The van der Waals surface area contributed by atoms with Gasteiger partial charge in [0.1, 0.15) is 11.8 Å². The summed E-state index contributed by atoms with van der Waals surface area (Å²) in [6.07, 6.45) is -8.93. The van der Waals surface area contributed by atoms with Gasteiger partial charge in [0.05, 0.1) is 29.1 Å². The second kappa shape index (κ2) is 16.1. The van der Waals surface area contributed by atoms with Crippen LogP contribution in [0.4, 0.5) is 42.5 Å². The Kier molecular flexibility index (Phi) is 11.8. The van der Waals surface area contributed by atoms with Gasteiger partial charge >= 0.3 is 18.4 Å². The number of rotatable bonds is 11. The third-order valence-electron chi connectivity index (χ3n) is 7.88. The third kappa shape index (κ3) is 10.1. The molecule has 0 radical (unpaired) electrons. The number of hydrogen-bond donors (Lipinski definition) is 3. The zero-order valence-electron chi connectivity index (χ0n) is 26.9. The average molecular weight is 769 g/mol. The number of pyridine rings is 1. The highest BCUT2D eigenvalue weighted by Crippen LogP contribution is 2.36. The van der Waals surface area contributed by atoms with E-state index in [2.05, 4.69) is 20.9 Å². The van der Waals surface area contributed by atoms with E-state index in [1.54, 1.807) is 59.5 Å². The summed E-state index contributed by atoms with van der Waals surface area (Å²) < 4.78 is 84.1. The predicted octanol–water partition coefficient (Wildman–Crippen LogP) is 8.36. The van der Waals surface area contributed by atoms with Crippen molar-refractivity contribution in [3.63, 3.8) is 0 Å². The number of ether oxygens (including phenoxy) is 1. The van der Waals surface area contributed by atoms with Gasteiger partial charge in [-0.15, -0.1) is 0 Å². The van der Waals surface area contributed by atoms with Crippen molar-refractivity contribution >= 4 is 52.5 Å². The SMILES string of the molecule is O=C(NC1CC(=O)N(c2ccc(Cl)cc2)C1)OCc1ccc(-c2cc(NCCCNC(=O)c3cc(C(F)(F)F)cc(C(F)(F)F)c3)cnc2Cl)cc1. The summed E-state index contributed by atoms with van der Waals surface area (Å²) in [6.45, 7) is 0.488. The molecule has 5 rings (SSSR count). The van der Waals surface area contributed by atoms with Crippen LogP contribution in [0.5, 0.6) is 0 Å². The fraction of sp³-hybridized carbons (Fsp3) is 0.257. The maximum absolute atomic E-state index is 13.1. The van der Waals surface area contributed by atoms with E-state index in [9.17, 15) is 40.7 Å². The van der Waals surface area contributed by atoms with E-state index in [-0.39, 0.29) is 49.7 Å². The zero-order chi connectivity index (χ0) is 37.6. The fourth-order valence-corrected chi connectivity index (χ4v) is 5.61. The number of anilines is 2. The first-order valence-electron chi connectivity index (χ1n) is 15.6. The number of benzene rings is 3. The van der Waals surface area contributed by atoms with Crippen molar-refractivity contribution in [2.75, 3.05) is 29.9 Å². The minimum atomic E-state index is -5.07. The molecule has 4 aromatic rings. The summed E-state index contributed by atoms with van der Waals surface area (Å²) >= 11 is 12.3. The maximum atomic E-state index is 13.1. The van der Waals surface area contributed by atoms with Gasteiger partial charge in [0.2, 0.25) is 5.91 Å². The molecule has 0 aliphatic carbocycles. The van der Waals surface area contributed by atoms with Crippen LogP contribution >= 0.6 is 23.2 Å². The van der Waals surface area contributed by atoms with Crippen molar-refractivity contribution in [3.05, 3.63) is 111 Å². The average Bonchev–Trinajstić information content (AvgIpc) is 3.46. The largest absolute Gasteiger partial charge is 0.445 e. The van der Waals surface area contributed by atoms with E-state index < -0.39 is 47.1 Å². The van der Waals surface area contributed by atoms with Crippen LogP contribution in [-0.4, -0.2) is 48.6 Å². The van der Waals surface area contributed by atoms with Gasteiger partial charge in [-0.3, -0.25) is 9.59 Å². The number of aromatic nitrogens is 1. The highest BCUT2D eigenvalue weighted by atomic mass is 35.5. The molecule has 1 saturated heterocycles. The molecule has 1 aromatic heterocycles. The number of carbonyl (C=O) groups is 3. The second-order valence-corrected chi connectivity index (χ2v) is 12.5. The van der Waals surface area contributed by atoms with Gasteiger partial charge in [-0.2, -0.15) is 26.3 Å². The van der Waals surface area contributed by atoms with Crippen molar-refractivity contribution in [1.29, 1.82) is 0 Å². The Labute approximate surface area is 303 Å². The molecular formula is C35H29Cl2F6N5O4. The van der Waals surface area contributed by atoms with E-state index in [0.717, 1.165) is 0 Å². The molecule has 1 atom stereocenters. The zero-order valence-corrected chi connectivity index (χ0v) is 28.4. The molecule has 2 heterocycles. The summed E-state index contributed by atoms with van der Waals surface area (Å²) in [5.41, 5.74) is -0.709. The number of nitrogens with one attached hydrogen (secondary N) is 3. The Morgan fingerprint density at radius 2 is 1.54 bits per heavy atom. The highest BCUT2D eigenvalue weighted by molar-refractivity contribution is 6.32. The molecule has 17 heteroatoms. The molecule has 0 bridgehead atoms. The monoisotopic (exact) mass is 767 g/mol. The highest BCUT2D eigenvalue weighted by Gasteiger charge is 2.37. The van der Waals surface area contributed by atoms with Crippen LogP contribution in [0.1, 0.15) is 39.9 Å². The lowest BCUT2D eigenvalue weighted by Gasteiger charge is -2.17. The molecule has 0 saturated carbocycles. The summed E-state index contributed by atoms with van der Waals surface area (Å²) in [5, 5.41) is 8.89. The summed E-state index contributed by atoms with van der Waals surface area (Å²) in [4.78, 5) is 43.0. The fourth-order valence-electron chi connectivity index (χ4n) is 5.27. The van der Waals surface area contributed by atoms with Crippen LogP contribution in [0.15, 0.2) is 79.0 Å². The Bertz CT molecular complexity index is 1890. The number of halogens is 8. The van der Waals surface area contributed by atoms with Gasteiger partial charge in [0.25, 0.3) is 5.91 Å². The number of amides is 3. The Balaban J connectivity index is 1.08. The van der Waals surface area contributed by atoms with Crippen LogP contribution in [0.2, 0.25) is 10.2 Å². The first kappa shape index (κ1) is 38.2. The minimum absolute atomic E-state index is 0.0327. The maximum Gasteiger partial charge on any atom is 0.416 e. The molecule has 3 amide bonds. The van der Waals surface area contributed by atoms with Crippen LogP contribution in [0, 0.1) is 0 Å². The minimum Gasteiger partial charge on any atom is -0.445 e. The lowest BCUT2D eigenvalue weighted by molar-refractivity contribution is -0.143. The first-order valence-corrected chi connectivity index (χ1v) is 16.4. The summed E-state index contributed by atoms with van der Waals surface area (Å²) in [6, 6.07) is 15.8. The van der Waals surface area contributed by atoms with E-state index in [4.69, 9.17) is 27.9 Å². The standard InChI is InChI=1S/C35H29Cl2F6N5O4/c36-25-6-8-28(9-7-25)48-18-27(16-30(48)49)47-33(51)52-19-20-2-4-21(5-3-20)29-15-26(17-46-31(29)37)44-10-1-11-45-32(50)22-12-23(34(38,39)40)14-24(13-22)35(41,42)43/h2-9,12-15,17,27,44H,1,10-11,16,18-19H2,(H,45,50)(H,47,51). The van der Waals surface area contributed by atoms with Crippen molar-refractivity contribution < 1.29 is 45.5 Å². The molecule has 1 fully saturated rings. The number of hydrogen-bond acceptors (Lipinski definition) is 6. The van der Waals surface area contributed by atoms with Gasteiger partial charge in [-0.25, -0.2) is 9.78 Å². The van der Waals surface area contributed by atoms with Crippen molar-refractivity contribution in [2.45, 2.75) is 37.8 Å². The normalized spacial score (nSPS) is 14.7. The number of alkyl carbamates (subject to hydrolysis) is 1. The molecule has 1 aliphatic rings. The molecule has 0 spiro atoms. The molecule has 52 heavy (non-hydrogen) atoms. The molecule has 1 unspecified atom stereocenters. The molecule has 9 nitrogen and oxygen atoms in total. The van der Waals surface area contributed by atoms with Gasteiger partial charge in [-0.1, -0.05) is 47.5 Å². The smallest absolute Gasteiger partial charge is 0.416 e.